The lowest BCUT2D eigenvalue weighted by Gasteiger charge is -2.19. The monoisotopic (exact) mass is 503 g/mol. The summed E-state index contributed by atoms with van der Waals surface area (Å²) in [6, 6.07) is 20.8. The Balaban J connectivity index is 1.75. The highest BCUT2D eigenvalue weighted by atomic mass is 32.1. The highest BCUT2D eigenvalue weighted by Gasteiger charge is 2.24. The summed E-state index contributed by atoms with van der Waals surface area (Å²) in [5.74, 6) is -0.835. The van der Waals surface area contributed by atoms with E-state index >= 15 is 0 Å². The van der Waals surface area contributed by atoms with Gasteiger partial charge in [-0.1, -0.05) is 59.9 Å². The maximum Gasteiger partial charge on any atom is 0.408 e. The highest BCUT2D eigenvalue weighted by molar-refractivity contribution is 7.23. The van der Waals surface area contributed by atoms with E-state index in [1.165, 1.54) is 10.6 Å². The molecule has 0 fully saturated rings. The van der Waals surface area contributed by atoms with E-state index in [2.05, 4.69) is 10.6 Å². The Labute approximate surface area is 211 Å². The number of hydrogen-bond acceptors (Lipinski definition) is 6. The van der Waals surface area contributed by atoms with E-state index in [0.29, 0.717) is 21.5 Å². The number of para-hydroxylation sites is 1. The number of fused-ring (bicyclic) bond motifs is 1. The first-order valence-electron chi connectivity index (χ1n) is 11.2. The molecule has 36 heavy (non-hydrogen) atoms. The fourth-order valence-electron chi connectivity index (χ4n) is 3.59. The number of thiophene rings is 1. The predicted octanol–water partition coefficient (Wildman–Crippen LogP) is 4.75. The van der Waals surface area contributed by atoms with Gasteiger partial charge < -0.3 is 15.4 Å². The summed E-state index contributed by atoms with van der Waals surface area (Å²) >= 11 is 1.12. The molecule has 0 bridgehead atoms. The van der Waals surface area contributed by atoms with Crippen molar-refractivity contribution in [2.45, 2.75) is 26.4 Å². The first-order valence-corrected chi connectivity index (χ1v) is 12.1. The predicted molar refractivity (Wildman–Crippen MR) is 140 cm³/mol. The Morgan fingerprint density at radius 2 is 1.56 bits per heavy atom. The summed E-state index contributed by atoms with van der Waals surface area (Å²) < 4.78 is 6.67. The molecule has 4 aromatic rings. The number of amides is 2. The van der Waals surface area contributed by atoms with Gasteiger partial charge in [-0.2, -0.15) is 0 Å². The second kappa shape index (κ2) is 10.2. The average Bonchev–Trinajstić information content (AvgIpc) is 3.19. The van der Waals surface area contributed by atoms with Gasteiger partial charge in [-0.15, -0.1) is 0 Å². The molecule has 2 N–H and O–H groups in total. The molecule has 2 amide bonds. The summed E-state index contributed by atoms with van der Waals surface area (Å²) in [5.41, 5.74) is 0.381. The summed E-state index contributed by atoms with van der Waals surface area (Å²) in [7, 11) is 0. The van der Waals surface area contributed by atoms with Crippen molar-refractivity contribution in [3.8, 4) is 5.69 Å². The number of hydrogen-bond donors (Lipinski definition) is 2. The zero-order valence-electron chi connectivity index (χ0n) is 20.0. The largest absolute Gasteiger partial charge is 0.444 e. The van der Waals surface area contributed by atoms with Crippen LogP contribution in [-0.2, 0) is 9.53 Å². The topological polar surface area (TPSA) is 106 Å². The van der Waals surface area contributed by atoms with Gasteiger partial charge in [0, 0.05) is 17.0 Å². The van der Waals surface area contributed by atoms with Gasteiger partial charge in [0.05, 0.1) is 11.3 Å². The zero-order chi connectivity index (χ0) is 25.9. The molecule has 0 aliphatic carbocycles. The van der Waals surface area contributed by atoms with Crippen LogP contribution >= 0.6 is 11.3 Å². The van der Waals surface area contributed by atoms with E-state index in [9.17, 15) is 19.2 Å². The molecular formula is C27H25N3O5S. The van der Waals surface area contributed by atoms with Gasteiger partial charge in [0.15, 0.2) is 5.78 Å². The van der Waals surface area contributed by atoms with Crippen LogP contribution in [0.1, 0.15) is 36.7 Å². The van der Waals surface area contributed by atoms with E-state index < -0.39 is 17.6 Å². The summed E-state index contributed by atoms with van der Waals surface area (Å²) in [6.45, 7) is 4.81. The number of ketones is 1. The molecule has 2 aromatic carbocycles. The highest BCUT2D eigenvalue weighted by Crippen LogP contribution is 2.37. The molecule has 0 saturated heterocycles. The summed E-state index contributed by atoms with van der Waals surface area (Å²) in [4.78, 5) is 51.6. The van der Waals surface area contributed by atoms with Crippen molar-refractivity contribution < 1.29 is 19.1 Å². The average molecular weight is 504 g/mol. The van der Waals surface area contributed by atoms with Gasteiger partial charge in [-0.05, 0) is 39.0 Å². The molecule has 0 saturated carbocycles. The van der Waals surface area contributed by atoms with Crippen LogP contribution in [0.15, 0.2) is 77.6 Å². The molecule has 0 aliphatic heterocycles. The standard InChI is InChI=1S/C27H25N3O5S/c1-27(2,3)35-26(34)28-16-20(31)29-24-22(23(33)17-10-6-4-7-11-17)19-14-15-21(32)30(25(19)36-24)18-12-8-5-9-13-18/h4-15H,16H2,1-3H3,(H,28,34)(H,29,31). The summed E-state index contributed by atoms with van der Waals surface area (Å²) in [5, 5.41) is 5.97. The van der Waals surface area contributed by atoms with Crippen molar-refractivity contribution in [1.29, 1.82) is 0 Å². The van der Waals surface area contributed by atoms with Gasteiger partial charge in [-0.25, -0.2) is 4.79 Å². The first kappa shape index (κ1) is 24.9. The van der Waals surface area contributed by atoms with Crippen LogP contribution in [-0.4, -0.2) is 34.5 Å². The molecule has 0 spiro atoms. The van der Waals surface area contributed by atoms with Crippen molar-refractivity contribution in [3.63, 3.8) is 0 Å². The van der Waals surface area contributed by atoms with E-state index in [4.69, 9.17) is 4.74 Å². The molecule has 8 nitrogen and oxygen atoms in total. The lowest BCUT2D eigenvalue weighted by Crippen LogP contribution is -2.37. The maximum atomic E-state index is 13.6. The number of rotatable bonds is 6. The normalized spacial score (nSPS) is 11.2. The van der Waals surface area contributed by atoms with Crippen LogP contribution in [0.3, 0.4) is 0 Å². The van der Waals surface area contributed by atoms with E-state index in [1.54, 1.807) is 69.3 Å². The van der Waals surface area contributed by atoms with Crippen molar-refractivity contribution in [2.24, 2.45) is 0 Å². The van der Waals surface area contributed by atoms with Crippen LogP contribution in [0.4, 0.5) is 9.80 Å². The fraction of sp³-hybridized carbons (Fsp3) is 0.185. The number of aromatic nitrogens is 1. The number of carbonyl (C=O) groups excluding carboxylic acids is 3. The maximum absolute atomic E-state index is 13.6. The van der Waals surface area contributed by atoms with Gasteiger partial charge in [0.1, 0.15) is 22.0 Å². The lowest BCUT2D eigenvalue weighted by molar-refractivity contribution is -0.115. The first-order chi connectivity index (χ1) is 17.1. The number of benzene rings is 2. The SMILES string of the molecule is CC(C)(C)OC(=O)NCC(=O)Nc1sc2c(ccc(=O)n2-c2ccccc2)c1C(=O)c1ccccc1. The van der Waals surface area contributed by atoms with Crippen LogP contribution in [0, 0.1) is 0 Å². The second-order valence-electron chi connectivity index (χ2n) is 8.97. The van der Waals surface area contributed by atoms with Crippen molar-refractivity contribution >= 4 is 44.3 Å². The summed E-state index contributed by atoms with van der Waals surface area (Å²) in [6.07, 6.45) is -0.729. The van der Waals surface area contributed by atoms with Crippen LogP contribution in [0.5, 0.6) is 0 Å². The number of nitrogens with zero attached hydrogens (tertiary/aromatic N) is 1. The number of anilines is 1. The molecule has 2 heterocycles. The van der Waals surface area contributed by atoms with Crippen LogP contribution in [0.2, 0.25) is 0 Å². The Morgan fingerprint density at radius 3 is 2.19 bits per heavy atom. The minimum absolute atomic E-state index is 0.266. The van der Waals surface area contributed by atoms with Gasteiger partial charge in [0.25, 0.3) is 5.56 Å². The third-order valence-corrected chi connectivity index (χ3v) is 6.17. The van der Waals surface area contributed by atoms with E-state index in [1.807, 2.05) is 18.2 Å². The number of pyridine rings is 1. The molecule has 0 atom stereocenters. The van der Waals surface area contributed by atoms with Gasteiger partial charge in [-0.3, -0.25) is 19.0 Å². The van der Waals surface area contributed by atoms with Gasteiger partial charge >= 0.3 is 6.09 Å². The van der Waals surface area contributed by atoms with E-state index in [-0.39, 0.29) is 28.5 Å². The van der Waals surface area contributed by atoms with Gasteiger partial charge in [0.2, 0.25) is 5.91 Å². The number of nitrogens with one attached hydrogen (secondary N) is 2. The minimum Gasteiger partial charge on any atom is -0.444 e. The Kier molecular flexibility index (Phi) is 7.03. The Hall–Kier alpha value is -4.24. The fourth-order valence-corrected chi connectivity index (χ4v) is 4.82. The molecule has 4 rings (SSSR count). The Morgan fingerprint density at radius 1 is 0.917 bits per heavy atom. The van der Waals surface area contributed by atoms with Crippen molar-refractivity contribution in [3.05, 3.63) is 94.3 Å². The van der Waals surface area contributed by atoms with Crippen molar-refractivity contribution in [2.75, 3.05) is 11.9 Å². The molecule has 0 radical (unpaired) electrons. The molecule has 0 aliphatic rings. The molecule has 0 unspecified atom stereocenters. The molecular weight excluding hydrogens is 478 g/mol. The number of carbonyl (C=O) groups is 3. The molecule has 9 heteroatoms. The van der Waals surface area contributed by atoms with E-state index in [0.717, 1.165) is 11.3 Å². The van der Waals surface area contributed by atoms with Crippen LogP contribution < -0.4 is 16.2 Å². The smallest absolute Gasteiger partial charge is 0.408 e. The second-order valence-corrected chi connectivity index (χ2v) is 9.97. The van der Waals surface area contributed by atoms with Crippen molar-refractivity contribution in [1.82, 2.24) is 9.88 Å². The number of alkyl carbamates (subject to hydrolysis) is 1. The zero-order valence-corrected chi connectivity index (χ0v) is 20.8. The molecule has 2 aromatic heterocycles. The molecule has 184 valence electrons. The third-order valence-electron chi connectivity index (χ3n) is 5.06. The quantitative estimate of drug-likeness (QED) is 0.370. The number of ether oxygens (including phenoxy) is 1. The Bertz CT molecular complexity index is 1490. The lowest BCUT2D eigenvalue weighted by atomic mass is 10.0. The third kappa shape index (κ3) is 5.52. The minimum atomic E-state index is -0.729. The van der Waals surface area contributed by atoms with Crippen LogP contribution in [0.25, 0.3) is 15.9 Å².